The first-order chi connectivity index (χ1) is 9.91. The standard InChI is InChI=1S/C15H10BrF3O2/c16-13-6-11(8-20)12(15(17,18)19)7-14(13)21-9-10-4-2-1-3-5-10/h1-8H,9H2. The number of alkyl halides is 3. The highest BCUT2D eigenvalue weighted by atomic mass is 79.9. The predicted octanol–water partition coefficient (Wildman–Crippen LogP) is 4.86. The van der Waals surface area contributed by atoms with Gasteiger partial charge in [0.25, 0.3) is 0 Å². The van der Waals surface area contributed by atoms with Crippen LogP contribution in [0.3, 0.4) is 0 Å². The third kappa shape index (κ3) is 3.85. The van der Waals surface area contributed by atoms with Gasteiger partial charge in [-0.2, -0.15) is 13.2 Å². The predicted molar refractivity (Wildman–Crippen MR) is 75.3 cm³/mol. The van der Waals surface area contributed by atoms with Gasteiger partial charge >= 0.3 is 6.18 Å². The smallest absolute Gasteiger partial charge is 0.417 e. The lowest BCUT2D eigenvalue weighted by Crippen LogP contribution is -2.10. The number of hydrogen-bond acceptors (Lipinski definition) is 2. The van der Waals surface area contributed by atoms with E-state index in [1.54, 1.807) is 12.1 Å². The minimum Gasteiger partial charge on any atom is -0.488 e. The number of carbonyl (C=O) groups excluding carboxylic acids is 1. The van der Waals surface area contributed by atoms with Gasteiger partial charge in [-0.05, 0) is 33.6 Å². The molecule has 0 aliphatic heterocycles. The second-order valence-electron chi connectivity index (χ2n) is 4.26. The van der Waals surface area contributed by atoms with Crippen LogP contribution >= 0.6 is 15.9 Å². The van der Waals surface area contributed by atoms with E-state index in [9.17, 15) is 18.0 Å². The van der Waals surface area contributed by atoms with Gasteiger partial charge in [0.15, 0.2) is 6.29 Å². The van der Waals surface area contributed by atoms with Crippen molar-refractivity contribution in [3.8, 4) is 5.75 Å². The lowest BCUT2D eigenvalue weighted by molar-refractivity contribution is -0.138. The molecule has 0 amide bonds. The van der Waals surface area contributed by atoms with E-state index in [-0.39, 0.29) is 18.6 Å². The van der Waals surface area contributed by atoms with Gasteiger partial charge in [0.1, 0.15) is 12.4 Å². The first kappa shape index (κ1) is 15.6. The lowest BCUT2D eigenvalue weighted by Gasteiger charge is -2.14. The van der Waals surface area contributed by atoms with Crippen LogP contribution in [0.5, 0.6) is 5.75 Å². The summed E-state index contributed by atoms with van der Waals surface area (Å²) < 4.78 is 44.3. The zero-order chi connectivity index (χ0) is 15.5. The number of benzene rings is 2. The molecule has 0 N–H and O–H groups in total. The van der Waals surface area contributed by atoms with E-state index in [2.05, 4.69) is 15.9 Å². The minimum atomic E-state index is -4.61. The fraction of sp³-hybridized carbons (Fsp3) is 0.133. The Morgan fingerprint density at radius 1 is 1.14 bits per heavy atom. The van der Waals surface area contributed by atoms with Crippen molar-refractivity contribution in [3.63, 3.8) is 0 Å². The van der Waals surface area contributed by atoms with Crippen molar-refractivity contribution in [3.05, 3.63) is 63.6 Å². The monoisotopic (exact) mass is 358 g/mol. The van der Waals surface area contributed by atoms with Gasteiger partial charge in [0.05, 0.1) is 10.0 Å². The molecule has 2 aromatic rings. The molecule has 0 radical (unpaired) electrons. The molecule has 0 aliphatic carbocycles. The maximum atomic E-state index is 12.9. The molecule has 0 aliphatic rings. The summed E-state index contributed by atoms with van der Waals surface area (Å²) in [6.07, 6.45) is -4.43. The molecule has 0 bridgehead atoms. The normalized spacial score (nSPS) is 11.2. The van der Waals surface area contributed by atoms with E-state index >= 15 is 0 Å². The van der Waals surface area contributed by atoms with Crippen molar-refractivity contribution in [1.29, 1.82) is 0 Å². The molecular formula is C15H10BrF3O2. The van der Waals surface area contributed by atoms with E-state index in [4.69, 9.17) is 4.74 Å². The first-order valence-corrected chi connectivity index (χ1v) is 6.74. The Balaban J connectivity index is 2.29. The van der Waals surface area contributed by atoms with E-state index in [0.717, 1.165) is 17.7 Å². The van der Waals surface area contributed by atoms with Gasteiger partial charge < -0.3 is 4.74 Å². The van der Waals surface area contributed by atoms with Gasteiger partial charge in [0, 0.05) is 5.56 Å². The third-order valence-corrected chi connectivity index (χ3v) is 3.39. The van der Waals surface area contributed by atoms with Crippen LogP contribution in [-0.4, -0.2) is 6.29 Å². The molecule has 21 heavy (non-hydrogen) atoms. The number of carbonyl (C=O) groups is 1. The highest BCUT2D eigenvalue weighted by molar-refractivity contribution is 9.10. The molecule has 0 saturated heterocycles. The van der Waals surface area contributed by atoms with Crippen LogP contribution in [0.15, 0.2) is 46.9 Å². The molecule has 2 aromatic carbocycles. The molecule has 0 unspecified atom stereocenters. The maximum Gasteiger partial charge on any atom is 0.417 e. The lowest BCUT2D eigenvalue weighted by atomic mass is 10.1. The van der Waals surface area contributed by atoms with Crippen molar-refractivity contribution in [2.45, 2.75) is 12.8 Å². The molecule has 0 spiro atoms. The molecular weight excluding hydrogens is 349 g/mol. The Labute approximate surface area is 127 Å². The van der Waals surface area contributed by atoms with Crippen LogP contribution < -0.4 is 4.74 Å². The number of halogens is 4. The first-order valence-electron chi connectivity index (χ1n) is 5.94. The Bertz CT molecular complexity index is 639. The minimum absolute atomic E-state index is 0.0387. The molecule has 0 atom stereocenters. The Morgan fingerprint density at radius 3 is 2.38 bits per heavy atom. The molecule has 0 saturated carbocycles. The van der Waals surface area contributed by atoms with Crippen LogP contribution in [-0.2, 0) is 12.8 Å². The fourth-order valence-electron chi connectivity index (χ4n) is 1.76. The van der Waals surface area contributed by atoms with Crippen molar-refractivity contribution >= 4 is 22.2 Å². The van der Waals surface area contributed by atoms with Crippen molar-refractivity contribution < 1.29 is 22.7 Å². The summed E-state index contributed by atoms with van der Waals surface area (Å²) in [7, 11) is 0. The van der Waals surface area contributed by atoms with Crippen molar-refractivity contribution in [2.24, 2.45) is 0 Å². The Morgan fingerprint density at radius 2 is 1.81 bits per heavy atom. The largest absolute Gasteiger partial charge is 0.488 e. The van der Waals surface area contributed by atoms with E-state index in [0.29, 0.717) is 4.47 Å². The zero-order valence-electron chi connectivity index (χ0n) is 10.7. The van der Waals surface area contributed by atoms with Gasteiger partial charge in [-0.25, -0.2) is 0 Å². The molecule has 0 heterocycles. The van der Waals surface area contributed by atoms with E-state index in [1.807, 2.05) is 18.2 Å². The third-order valence-electron chi connectivity index (χ3n) is 2.77. The second kappa shape index (κ2) is 6.30. The molecule has 110 valence electrons. The average Bonchev–Trinajstić information content (AvgIpc) is 2.45. The summed E-state index contributed by atoms with van der Waals surface area (Å²) in [5.41, 5.74) is -0.609. The van der Waals surface area contributed by atoms with Gasteiger partial charge in [-0.1, -0.05) is 30.3 Å². The fourth-order valence-corrected chi connectivity index (χ4v) is 2.23. The van der Waals surface area contributed by atoms with E-state index < -0.39 is 17.3 Å². The summed E-state index contributed by atoms with van der Waals surface area (Å²) in [5, 5.41) is 0. The SMILES string of the molecule is O=Cc1cc(Br)c(OCc2ccccc2)cc1C(F)(F)F. The Hall–Kier alpha value is -1.82. The molecule has 0 aromatic heterocycles. The summed E-state index contributed by atoms with van der Waals surface area (Å²) in [6.45, 7) is 0.136. The number of rotatable bonds is 4. The summed E-state index contributed by atoms with van der Waals surface area (Å²) in [6, 6.07) is 11.0. The summed E-state index contributed by atoms with van der Waals surface area (Å²) in [5.74, 6) is 0.0387. The molecule has 0 fully saturated rings. The number of hydrogen-bond donors (Lipinski definition) is 0. The van der Waals surface area contributed by atoms with Crippen LogP contribution in [0.1, 0.15) is 21.5 Å². The van der Waals surface area contributed by atoms with Gasteiger partial charge in [-0.3, -0.25) is 4.79 Å². The van der Waals surface area contributed by atoms with Gasteiger partial charge in [0.2, 0.25) is 0 Å². The van der Waals surface area contributed by atoms with Crippen LogP contribution in [0, 0.1) is 0 Å². The van der Waals surface area contributed by atoms with Crippen LogP contribution in [0.2, 0.25) is 0 Å². The van der Waals surface area contributed by atoms with Crippen LogP contribution in [0.4, 0.5) is 13.2 Å². The van der Waals surface area contributed by atoms with Gasteiger partial charge in [-0.15, -0.1) is 0 Å². The summed E-state index contributed by atoms with van der Waals surface area (Å²) in [4.78, 5) is 10.8. The van der Waals surface area contributed by atoms with Crippen molar-refractivity contribution in [2.75, 3.05) is 0 Å². The highest BCUT2D eigenvalue weighted by Crippen LogP contribution is 2.37. The number of aldehydes is 1. The second-order valence-corrected chi connectivity index (χ2v) is 5.11. The topological polar surface area (TPSA) is 26.3 Å². The highest BCUT2D eigenvalue weighted by Gasteiger charge is 2.34. The molecule has 6 heteroatoms. The average molecular weight is 359 g/mol. The van der Waals surface area contributed by atoms with E-state index in [1.165, 1.54) is 0 Å². The Kier molecular flexibility index (Phi) is 4.67. The molecule has 2 nitrogen and oxygen atoms in total. The number of ether oxygens (including phenoxy) is 1. The quantitative estimate of drug-likeness (QED) is 0.729. The molecule has 2 rings (SSSR count). The maximum absolute atomic E-state index is 12.9. The summed E-state index contributed by atoms with van der Waals surface area (Å²) >= 11 is 3.11. The van der Waals surface area contributed by atoms with Crippen molar-refractivity contribution in [1.82, 2.24) is 0 Å². The zero-order valence-corrected chi connectivity index (χ0v) is 12.2. The van der Waals surface area contributed by atoms with Crippen LogP contribution in [0.25, 0.3) is 0 Å².